The van der Waals surface area contributed by atoms with E-state index >= 15 is 0 Å². The average molecular weight is 556 g/mol. The minimum Gasteiger partial charge on any atom is -0.393 e. The summed E-state index contributed by atoms with van der Waals surface area (Å²) in [7, 11) is -4.20. The summed E-state index contributed by atoms with van der Waals surface area (Å²) in [6.07, 6.45) is 6.78. The molecule has 0 radical (unpaired) electrons. The first kappa shape index (κ1) is 26.3. The Bertz CT molecular complexity index is 1360. The maximum atomic E-state index is 13.8. The van der Waals surface area contributed by atoms with Gasteiger partial charge in [0.2, 0.25) is 10.0 Å². The molecule has 2 aliphatic carbocycles. The van der Waals surface area contributed by atoms with E-state index in [-0.39, 0.29) is 58.3 Å². The monoisotopic (exact) mass is 555 g/mol. The van der Waals surface area contributed by atoms with Crippen molar-refractivity contribution in [3.8, 4) is 0 Å². The van der Waals surface area contributed by atoms with Crippen LogP contribution in [0.2, 0.25) is 5.02 Å². The minimum atomic E-state index is -4.20. The molecule has 5 rings (SSSR count). The SMILES string of the molecule is O=C(Nc1ccc(F)c(F)c1)c1c(Cl)c(S(=O)(=O)NC2C3CCC2CC(O)(CO)C3)c2n1CCCC=C2. The van der Waals surface area contributed by atoms with Crippen LogP contribution >= 0.6 is 11.6 Å². The molecule has 8 nitrogen and oxygen atoms in total. The first-order chi connectivity index (χ1) is 17.5. The number of aromatic nitrogens is 1. The molecule has 0 saturated heterocycles. The number of allylic oxidation sites excluding steroid dienone is 1. The van der Waals surface area contributed by atoms with Crippen LogP contribution in [-0.2, 0) is 16.6 Å². The molecule has 2 atom stereocenters. The number of rotatable bonds is 6. The number of nitrogens with one attached hydrogen (secondary N) is 2. The van der Waals surface area contributed by atoms with E-state index in [1.807, 2.05) is 6.08 Å². The number of carbonyl (C=O) groups excluding carboxylic acids is 1. The third-order valence-electron chi connectivity index (χ3n) is 7.68. The first-order valence-electron chi connectivity index (χ1n) is 12.2. The molecule has 1 aromatic carbocycles. The van der Waals surface area contributed by atoms with Gasteiger partial charge in [-0.1, -0.05) is 17.7 Å². The van der Waals surface area contributed by atoms with Crippen molar-refractivity contribution in [2.75, 3.05) is 11.9 Å². The van der Waals surface area contributed by atoms with E-state index in [9.17, 15) is 32.2 Å². The maximum absolute atomic E-state index is 13.8. The largest absolute Gasteiger partial charge is 0.393 e. The number of aliphatic hydroxyl groups excluding tert-OH is 1. The summed E-state index contributed by atoms with van der Waals surface area (Å²) >= 11 is 6.61. The summed E-state index contributed by atoms with van der Waals surface area (Å²) in [5, 5.41) is 22.4. The van der Waals surface area contributed by atoms with Gasteiger partial charge in [0, 0.05) is 24.3 Å². The molecule has 2 aromatic rings. The van der Waals surface area contributed by atoms with E-state index in [2.05, 4.69) is 10.0 Å². The topological polar surface area (TPSA) is 121 Å². The smallest absolute Gasteiger partial charge is 0.273 e. The van der Waals surface area contributed by atoms with Gasteiger partial charge in [0.15, 0.2) is 11.6 Å². The standard InChI is InChI=1S/C25H28ClF2N3O5S/c26-20-22(24(33)29-16-7-8-17(27)18(28)10-16)31-9-3-1-2-4-19(31)23(20)37(35,36)30-21-14-5-6-15(21)12-25(34,11-14)13-32/h2,4,7-8,10,14-15,21,30,32,34H,1,3,5-6,9,11-13H2,(H,29,33). The van der Waals surface area contributed by atoms with Gasteiger partial charge < -0.3 is 20.1 Å². The lowest BCUT2D eigenvalue weighted by Crippen LogP contribution is -2.51. The van der Waals surface area contributed by atoms with Gasteiger partial charge in [-0.15, -0.1) is 0 Å². The molecule has 2 bridgehead atoms. The number of benzene rings is 1. The lowest BCUT2D eigenvalue weighted by Gasteiger charge is -2.40. The second kappa shape index (κ2) is 9.77. The van der Waals surface area contributed by atoms with Crippen molar-refractivity contribution >= 4 is 39.3 Å². The summed E-state index contributed by atoms with van der Waals surface area (Å²) in [6.45, 7) is -0.0458. The fourth-order valence-corrected chi connectivity index (χ4v) is 8.27. The van der Waals surface area contributed by atoms with E-state index < -0.39 is 39.2 Å². The van der Waals surface area contributed by atoms with Gasteiger partial charge in [0.25, 0.3) is 5.91 Å². The Morgan fingerprint density at radius 2 is 1.89 bits per heavy atom. The van der Waals surface area contributed by atoms with Gasteiger partial charge >= 0.3 is 0 Å². The molecule has 200 valence electrons. The number of anilines is 1. The summed E-state index contributed by atoms with van der Waals surface area (Å²) in [5.74, 6) is -3.23. The predicted octanol–water partition coefficient (Wildman–Crippen LogP) is 3.67. The molecule has 0 spiro atoms. The third kappa shape index (κ3) is 4.83. The van der Waals surface area contributed by atoms with Crippen LogP contribution in [-0.4, -0.2) is 47.4 Å². The van der Waals surface area contributed by atoms with Crippen LogP contribution in [0.25, 0.3) is 6.08 Å². The zero-order chi connectivity index (χ0) is 26.5. The van der Waals surface area contributed by atoms with Crippen LogP contribution < -0.4 is 10.0 Å². The summed E-state index contributed by atoms with van der Waals surface area (Å²) in [5.41, 5.74) is -1.04. The Morgan fingerprint density at radius 3 is 2.54 bits per heavy atom. The highest BCUT2D eigenvalue weighted by atomic mass is 35.5. The zero-order valence-corrected chi connectivity index (χ0v) is 21.5. The number of hydrogen-bond acceptors (Lipinski definition) is 5. The van der Waals surface area contributed by atoms with Gasteiger partial charge in [0.1, 0.15) is 10.6 Å². The fourth-order valence-electron chi connectivity index (χ4n) is 6.03. The summed E-state index contributed by atoms with van der Waals surface area (Å²) < 4.78 is 58.8. The van der Waals surface area contributed by atoms with Gasteiger partial charge in [-0.05, 0) is 68.6 Å². The third-order valence-corrected chi connectivity index (χ3v) is 9.70. The number of nitrogens with zero attached hydrogens (tertiary/aromatic N) is 1. The molecule has 2 unspecified atom stereocenters. The lowest BCUT2D eigenvalue weighted by molar-refractivity contribution is -0.0672. The van der Waals surface area contributed by atoms with Crippen molar-refractivity contribution in [2.24, 2.45) is 11.8 Å². The molecule has 2 heterocycles. The number of aliphatic hydroxyl groups is 2. The van der Waals surface area contributed by atoms with Gasteiger partial charge in [-0.2, -0.15) is 0 Å². The number of sulfonamides is 1. The summed E-state index contributed by atoms with van der Waals surface area (Å²) in [4.78, 5) is 13.0. The number of halogens is 3. The molecule has 3 aliphatic rings. The van der Waals surface area contributed by atoms with Crippen molar-refractivity contribution in [1.29, 1.82) is 0 Å². The Morgan fingerprint density at radius 1 is 1.19 bits per heavy atom. The Labute approximate surface area is 218 Å². The van der Waals surface area contributed by atoms with Crippen LogP contribution in [0.4, 0.5) is 14.5 Å². The highest BCUT2D eigenvalue weighted by Crippen LogP contribution is 2.47. The van der Waals surface area contributed by atoms with Crippen molar-refractivity contribution in [3.05, 3.63) is 52.3 Å². The highest BCUT2D eigenvalue weighted by molar-refractivity contribution is 7.89. The fraction of sp³-hybridized carbons (Fsp3) is 0.480. The molecule has 4 N–H and O–H groups in total. The average Bonchev–Trinajstić information content (AvgIpc) is 3.12. The van der Waals surface area contributed by atoms with Crippen molar-refractivity contribution in [2.45, 2.75) is 61.6 Å². The molecule has 37 heavy (non-hydrogen) atoms. The highest BCUT2D eigenvalue weighted by Gasteiger charge is 2.50. The number of amides is 1. The lowest BCUT2D eigenvalue weighted by atomic mass is 9.75. The maximum Gasteiger partial charge on any atom is 0.273 e. The van der Waals surface area contributed by atoms with E-state index in [4.69, 9.17) is 11.6 Å². The molecule has 1 aliphatic heterocycles. The van der Waals surface area contributed by atoms with Crippen LogP contribution in [0.15, 0.2) is 29.2 Å². The molecular weight excluding hydrogens is 528 g/mol. The van der Waals surface area contributed by atoms with Gasteiger partial charge in [0.05, 0.1) is 22.9 Å². The Balaban J connectivity index is 1.50. The van der Waals surface area contributed by atoms with E-state index in [0.29, 0.717) is 19.4 Å². The van der Waals surface area contributed by atoms with Crippen LogP contribution in [0, 0.1) is 23.5 Å². The summed E-state index contributed by atoms with van der Waals surface area (Å²) in [6, 6.07) is 2.48. The quantitative estimate of drug-likeness (QED) is 0.433. The Kier molecular flexibility index (Phi) is 6.95. The van der Waals surface area contributed by atoms with Crippen molar-refractivity contribution < 1.29 is 32.2 Å². The molecule has 12 heteroatoms. The molecule has 1 amide bonds. The molecule has 1 aromatic heterocycles. The van der Waals surface area contributed by atoms with Gasteiger partial charge in [-0.3, -0.25) is 4.79 Å². The van der Waals surface area contributed by atoms with Crippen LogP contribution in [0.3, 0.4) is 0 Å². The van der Waals surface area contributed by atoms with Crippen molar-refractivity contribution in [3.63, 3.8) is 0 Å². The van der Waals surface area contributed by atoms with Gasteiger partial charge in [-0.25, -0.2) is 21.9 Å². The van der Waals surface area contributed by atoms with E-state index in [0.717, 1.165) is 25.0 Å². The van der Waals surface area contributed by atoms with E-state index in [1.165, 1.54) is 10.6 Å². The number of hydrogen-bond donors (Lipinski definition) is 4. The number of fused-ring (bicyclic) bond motifs is 3. The molecular formula is C25H28ClF2N3O5S. The second-order valence-electron chi connectivity index (χ2n) is 10.2. The normalized spacial score (nSPS) is 27.1. The minimum absolute atomic E-state index is 0.00244. The van der Waals surface area contributed by atoms with Crippen LogP contribution in [0.5, 0.6) is 0 Å². The molecule has 2 fully saturated rings. The zero-order valence-electron chi connectivity index (χ0n) is 19.9. The van der Waals surface area contributed by atoms with Crippen molar-refractivity contribution in [1.82, 2.24) is 9.29 Å². The predicted molar refractivity (Wildman–Crippen MR) is 134 cm³/mol. The van der Waals surface area contributed by atoms with E-state index in [1.54, 1.807) is 6.08 Å². The Hall–Kier alpha value is -2.31. The van der Waals surface area contributed by atoms with Crippen LogP contribution in [0.1, 0.15) is 54.7 Å². The second-order valence-corrected chi connectivity index (χ2v) is 12.2. The number of carbonyl (C=O) groups is 1. The first-order valence-corrected chi connectivity index (χ1v) is 14.1. The molecule has 2 saturated carbocycles.